The molecule has 0 atom stereocenters. The van der Waals surface area contributed by atoms with Crippen molar-refractivity contribution in [2.75, 3.05) is 0 Å². The molecule has 2 aromatic heterocycles. The molecule has 2 nitrogen and oxygen atoms in total. The molecule has 0 fully saturated rings. The van der Waals surface area contributed by atoms with Gasteiger partial charge < -0.3 is 0 Å². The van der Waals surface area contributed by atoms with E-state index in [-0.39, 0.29) is 0 Å². The van der Waals surface area contributed by atoms with Gasteiger partial charge in [0.2, 0.25) is 12.4 Å². The van der Waals surface area contributed by atoms with Crippen molar-refractivity contribution >= 4 is 0 Å². The summed E-state index contributed by atoms with van der Waals surface area (Å²) < 4.78 is 4.48. The number of hydrogen-bond acceptors (Lipinski definition) is 0. The Morgan fingerprint density at radius 2 is 1.43 bits per heavy atom. The molecule has 30 heavy (non-hydrogen) atoms. The van der Waals surface area contributed by atoms with Gasteiger partial charge in [-0.05, 0) is 62.1 Å². The number of nitrogens with zero attached hydrogens (tertiary/aromatic N) is 2. The highest BCUT2D eigenvalue weighted by Gasteiger charge is 2.28. The van der Waals surface area contributed by atoms with Gasteiger partial charge in [0.1, 0.15) is 0 Å². The average Bonchev–Trinajstić information content (AvgIpc) is 2.75. The predicted molar refractivity (Wildman–Crippen MR) is 123 cm³/mol. The second-order valence-electron chi connectivity index (χ2n) is 7.83. The van der Waals surface area contributed by atoms with Crippen molar-refractivity contribution in [2.24, 2.45) is 0 Å². The molecule has 0 saturated heterocycles. The monoisotopic (exact) mass is 392 g/mol. The van der Waals surface area contributed by atoms with E-state index < -0.39 is 0 Å². The first-order valence-electron chi connectivity index (χ1n) is 10.4. The van der Waals surface area contributed by atoms with E-state index in [0.29, 0.717) is 0 Å². The van der Waals surface area contributed by atoms with Crippen LogP contribution in [0.25, 0.3) is 22.5 Å². The van der Waals surface area contributed by atoms with Crippen LogP contribution in [0.5, 0.6) is 0 Å². The lowest BCUT2D eigenvalue weighted by Gasteiger charge is -2.08. The maximum absolute atomic E-state index is 3.96. The zero-order chi connectivity index (χ0) is 21.1. The van der Waals surface area contributed by atoms with Crippen molar-refractivity contribution in [1.29, 1.82) is 0 Å². The minimum Gasteiger partial charge on any atom is -0.103 e. The summed E-state index contributed by atoms with van der Waals surface area (Å²) >= 11 is 0. The standard InChI is InChI=1S/C28H28N2/c1-5-10-24-15-14-21(2)19-26(24)28-20-22(3)16-18-30(28)29-17-9-8-13-27(29)25-12-7-6-11-23(25)4/h5-9,11-20H,1,10H2,2-4H3/q+2. The van der Waals surface area contributed by atoms with Gasteiger partial charge in [-0.15, -0.1) is 6.58 Å². The first kappa shape index (κ1) is 19.8. The number of pyridine rings is 2. The molecule has 0 bridgehead atoms. The summed E-state index contributed by atoms with van der Waals surface area (Å²) in [5, 5.41) is 0. The van der Waals surface area contributed by atoms with Crippen LogP contribution in [0.15, 0.2) is 97.8 Å². The maximum atomic E-state index is 3.96. The molecule has 0 N–H and O–H groups in total. The van der Waals surface area contributed by atoms with E-state index in [4.69, 9.17) is 0 Å². The molecular weight excluding hydrogens is 364 g/mol. The molecular formula is C28H28N2+2. The zero-order valence-electron chi connectivity index (χ0n) is 18.0. The SMILES string of the molecule is C=CCc1ccc(C)cc1-c1cc(C)cc[n+]1-[n+]1ccccc1-c1ccccc1C. The second kappa shape index (κ2) is 8.46. The molecule has 0 aliphatic carbocycles. The number of benzene rings is 2. The third kappa shape index (κ3) is 3.81. The lowest BCUT2D eigenvalue weighted by Crippen LogP contribution is -2.68. The molecule has 0 saturated carbocycles. The predicted octanol–water partition coefficient (Wildman–Crippen LogP) is 5.56. The second-order valence-corrected chi connectivity index (χ2v) is 7.83. The van der Waals surface area contributed by atoms with E-state index in [2.05, 4.69) is 122 Å². The zero-order valence-corrected chi connectivity index (χ0v) is 18.0. The Labute approximate surface area is 179 Å². The summed E-state index contributed by atoms with van der Waals surface area (Å²) in [5.41, 5.74) is 9.83. The van der Waals surface area contributed by atoms with Crippen molar-refractivity contribution in [3.05, 3.63) is 120 Å². The number of aromatic nitrogens is 2. The molecule has 0 aliphatic heterocycles. The third-order valence-corrected chi connectivity index (χ3v) is 5.49. The average molecular weight is 393 g/mol. The van der Waals surface area contributed by atoms with Gasteiger partial charge in [0.05, 0.1) is 20.5 Å². The lowest BCUT2D eigenvalue weighted by atomic mass is 9.98. The Balaban J connectivity index is 2.00. The Bertz CT molecular complexity index is 1220. The summed E-state index contributed by atoms with van der Waals surface area (Å²) in [6.45, 7) is 10.4. The molecule has 4 rings (SSSR count). The van der Waals surface area contributed by atoms with E-state index in [0.717, 1.165) is 12.1 Å². The first-order valence-corrected chi connectivity index (χ1v) is 10.4. The Morgan fingerprint density at radius 1 is 0.700 bits per heavy atom. The van der Waals surface area contributed by atoms with Gasteiger partial charge in [-0.2, -0.15) is 0 Å². The molecule has 2 heteroatoms. The number of hydrogen-bond donors (Lipinski definition) is 0. The van der Waals surface area contributed by atoms with Crippen molar-refractivity contribution in [1.82, 2.24) is 0 Å². The maximum Gasteiger partial charge on any atom is 0.284 e. The van der Waals surface area contributed by atoms with Crippen LogP contribution in [0.4, 0.5) is 0 Å². The Kier molecular flexibility index (Phi) is 5.58. The number of allylic oxidation sites excluding steroid dienone is 1. The van der Waals surface area contributed by atoms with Gasteiger partial charge in [-0.3, -0.25) is 0 Å². The summed E-state index contributed by atoms with van der Waals surface area (Å²) in [5.74, 6) is 0. The number of aryl methyl sites for hydroxylation is 3. The Hall–Kier alpha value is -3.52. The quantitative estimate of drug-likeness (QED) is 0.310. The van der Waals surface area contributed by atoms with E-state index >= 15 is 0 Å². The fraction of sp³-hybridized carbons (Fsp3) is 0.143. The minimum absolute atomic E-state index is 0.841. The first-order chi connectivity index (χ1) is 14.6. The van der Waals surface area contributed by atoms with E-state index in [1.165, 1.54) is 39.1 Å². The van der Waals surface area contributed by atoms with Crippen LogP contribution < -0.4 is 9.35 Å². The summed E-state index contributed by atoms with van der Waals surface area (Å²) in [4.78, 5) is 0. The molecule has 4 aromatic rings. The van der Waals surface area contributed by atoms with Crippen LogP contribution in [0, 0.1) is 20.8 Å². The molecule has 2 heterocycles. The smallest absolute Gasteiger partial charge is 0.103 e. The lowest BCUT2D eigenvalue weighted by molar-refractivity contribution is -1.29. The molecule has 2 aromatic carbocycles. The third-order valence-electron chi connectivity index (χ3n) is 5.49. The molecule has 0 amide bonds. The van der Waals surface area contributed by atoms with Gasteiger partial charge in [0.15, 0.2) is 0 Å². The molecule has 0 spiro atoms. The minimum atomic E-state index is 0.841. The van der Waals surface area contributed by atoms with E-state index in [1.807, 2.05) is 6.08 Å². The highest BCUT2D eigenvalue weighted by atomic mass is 15.4. The molecule has 148 valence electrons. The van der Waals surface area contributed by atoms with Crippen molar-refractivity contribution < 1.29 is 9.35 Å². The van der Waals surface area contributed by atoms with Crippen molar-refractivity contribution in [2.45, 2.75) is 27.2 Å². The highest BCUT2D eigenvalue weighted by molar-refractivity contribution is 5.63. The summed E-state index contributed by atoms with van der Waals surface area (Å²) in [7, 11) is 0. The van der Waals surface area contributed by atoms with Crippen LogP contribution in [-0.2, 0) is 6.42 Å². The summed E-state index contributed by atoms with van der Waals surface area (Å²) in [6, 6.07) is 26.0. The van der Waals surface area contributed by atoms with Gasteiger partial charge in [-0.25, -0.2) is 0 Å². The van der Waals surface area contributed by atoms with Crippen LogP contribution in [0.2, 0.25) is 0 Å². The van der Waals surface area contributed by atoms with Crippen molar-refractivity contribution in [3.8, 4) is 22.5 Å². The van der Waals surface area contributed by atoms with Gasteiger partial charge in [0.25, 0.3) is 11.4 Å². The Morgan fingerprint density at radius 3 is 2.23 bits per heavy atom. The van der Waals surface area contributed by atoms with Crippen molar-refractivity contribution in [3.63, 3.8) is 0 Å². The van der Waals surface area contributed by atoms with Gasteiger partial charge in [-0.1, -0.05) is 42.0 Å². The largest absolute Gasteiger partial charge is 0.284 e. The van der Waals surface area contributed by atoms with Crippen LogP contribution >= 0.6 is 0 Å². The normalized spacial score (nSPS) is 10.8. The van der Waals surface area contributed by atoms with Crippen LogP contribution in [0.3, 0.4) is 0 Å². The fourth-order valence-electron chi connectivity index (χ4n) is 3.95. The molecule has 0 aliphatic rings. The fourth-order valence-corrected chi connectivity index (χ4v) is 3.95. The number of rotatable bonds is 5. The highest BCUT2D eigenvalue weighted by Crippen LogP contribution is 2.24. The molecule has 0 radical (unpaired) electrons. The molecule has 0 unspecified atom stereocenters. The van der Waals surface area contributed by atoms with Gasteiger partial charge in [0, 0.05) is 24.3 Å². The van der Waals surface area contributed by atoms with Crippen LogP contribution in [0.1, 0.15) is 22.3 Å². The van der Waals surface area contributed by atoms with E-state index in [9.17, 15) is 0 Å². The summed E-state index contributed by atoms with van der Waals surface area (Å²) in [6.07, 6.45) is 7.10. The van der Waals surface area contributed by atoms with E-state index in [1.54, 1.807) is 0 Å². The van der Waals surface area contributed by atoms with Crippen LogP contribution in [-0.4, -0.2) is 0 Å². The van der Waals surface area contributed by atoms with Gasteiger partial charge >= 0.3 is 0 Å². The topological polar surface area (TPSA) is 7.76 Å².